The number of amidine groups is 2. The fourth-order valence-corrected chi connectivity index (χ4v) is 5.23. The van der Waals surface area contributed by atoms with Gasteiger partial charge in [-0.25, -0.2) is 0 Å². The van der Waals surface area contributed by atoms with Gasteiger partial charge in [0.2, 0.25) is 5.17 Å². The van der Waals surface area contributed by atoms with Gasteiger partial charge in [0.1, 0.15) is 5.04 Å². The molecule has 0 spiro atoms. The van der Waals surface area contributed by atoms with Gasteiger partial charge in [-0.2, -0.15) is 15.1 Å². The number of carbonyl (C=O) groups is 1. The molecule has 0 atom stereocenters. The van der Waals surface area contributed by atoms with Crippen molar-refractivity contribution in [1.29, 1.82) is 5.41 Å². The van der Waals surface area contributed by atoms with Gasteiger partial charge in [-0.1, -0.05) is 47.5 Å². The molecule has 9 heteroatoms. The summed E-state index contributed by atoms with van der Waals surface area (Å²) < 4.78 is 2.06. The van der Waals surface area contributed by atoms with Gasteiger partial charge in [0.05, 0.1) is 10.6 Å². The van der Waals surface area contributed by atoms with Crippen LogP contribution >= 0.6 is 35.0 Å². The molecule has 1 N–H and O–H groups in total. The van der Waals surface area contributed by atoms with E-state index >= 15 is 0 Å². The van der Waals surface area contributed by atoms with Crippen molar-refractivity contribution in [2.75, 3.05) is 0 Å². The number of fused-ring (bicyclic) bond motifs is 1. The van der Waals surface area contributed by atoms with Crippen molar-refractivity contribution in [2.45, 2.75) is 13.8 Å². The Bertz CT molecular complexity index is 1440. The number of hydrazone groups is 1. The van der Waals surface area contributed by atoms with Crippen LogP contribution in [0.25, 0.3) is 11.8 Å². The van der Waals surface area contributed by atoms with Gasteiger partial charge in [0, 0.05) is 27.7 Å². The number of benzene rings is 2. The summed E-state index contributed by atoms with van der Waals surface area (Å²) in [6, 6.07) is 16.9. The summed E-state index contributed by atoms with van der Waals surface area (Å²) in [4.78, 5) is 17.0. The number of aliphatic imine (C=N–C) groups is 1. The Morgan fingerprint density at radius 1 is 1.06 bits per heavy atom. The highest BCUT2D eigenvalue weighted by Crippen LogP contribution is 2.33. The Kier molecular flexibility index (Phi) is 5.48. The number of nitrogens with one attached hydrogen (secondary N) is 1. The molecule has 3 heterocycles. The fourth-order valence-electron chi connectivity index (χ4n) is 3.84. The first-order valence-electron chi connectivity index (χ1n) is 10.0. The monoisotopic (exact) mass is 493 g/mol. The zero-order chi connectivity index (χ0) is 23.3. The molecule has 33 heavy (non-hydrogen) atoms. The third-order valence-electron chi connectivity index (χ3n) is 5.40. The van der Waals surface area contributed by atoms with Gasteiger partial charge in [-0.3, -0.25) is 10.2 Å². The van der Waals surface area contributed by atoms with Crippen LogP contribution in [-0.4, -0.2) is 31.5 Å². The highest BCUT2D eigenvalue weighted by atomic mass is 35.5. The van der Waals surface area contributed by atoms with E-state index in [0.29, 0.717) is 20.3 Å². The number of halogens is 2. The molecule has 1 aromatic heterocycles. The number of aryl methyl sites for hydroxylation is 1. The third-order valence-corrected chi connectivity index (χ3v) is 6.90. The van der Waals surface area contributed by atoms with Gasteiger partial charge in [-0.15, -0.1) is 0 Å². The van der Waals surface area contributed by atoms with Gasteiger partial charge in [0.25, 0.3) is 5.91 Å². The van der Waals surface area contributed by atoms with E-state index in [4.69, 9.17) is 28.6 Å². The quantitative estimate of drug-likeness (QED) is 0.450. The second-order valence-electron chi connectivity index (χ2n) is 7.55. The minimum absolute atomic E-state index is 0.0212. The standard InChI is InChI=1S/C24H17Cl2N5OS/c1-13-10-15(14(2)30(13)17-7-5-6-16(25)12-17)11-19-21(27)31-24(28-22(19)32)33-23(29-31)18-8-3-4-9-20(18)26/h3-12,27H,1-2H3/b19-11+,27-21?. The number of rotatable bonds is 3. The average molecular weight is 494 g/mol. The number of aromatic nitrogens is 1. The van der Waals surface area contributed by atoms with Gasteiger partial charge >= 0.3 is 0 Å². The number of thioether (sulfide) groups is 1. The molecule has 5 rings (SSSR count). The number of carbonyl (C=O) groups excluding carboxylic acids is 1. The molecule has 6 nitrogen and oxygen atoms in total. The summed E-state index contributed by atoms with van der Waals surface area (Å²) in [7, 11) is 0. The summed E-state index contributed by atoms with van der Waals surface area (Å²) in [5.41, 5.74) is 4.57. The lowest BCUT2D eigenvalue weighted by Crippen LogP contribution is -2.35. The SMILES string of the molecule is Cc1cc(/C=C2\C(=N)N3N=C(c4ccccc4Cl)SC3=NC2=O)c(C)n1-c1cccc(Cl)c1. The topological polar surface area (TPSA) is 73.8 Å². The highest BCUT2D eigenvalue weighted by molar-refractivity contribution is 8.27. The second kappa shape index (κ2) is 8.33. The molecule has 2 aromatic carbocycles. The summed E-state index contributed by atoms with van der Waals surface area (Å²) in [5.74, 6) is -0.492. The van der Waals surface area contributed by atoms with Crippen LogP contribution in [0.15, 0.2) is 70.3 Å². The van der Waals surface area contributed by atoms with E-state index in [1.807, 2.05) is 62.4 Å². The van der Waals surface area contributed by atoms with E-state index in [0.717, 1.165) is 28.2 Å². The average Bonchev–Trinajstić information content (AvgIpc) is 3.32. The molecular formula is C24H17Cl2N5OS. The first kappa shape index (κ1) is 21.7. The molecular weight excluding hydrogens is 477 g/mol. The van der Waals surface area contributed by atoms with E-state index in [1.54, 1.807) is 12.1 Å². The Labute approximate surface area is 204 Å². The molecule has 0 saturated carbocycles. The zero-order valence-corrected chi connectivity index (χ0v) is 20.0. The Hall–Kier alpha value is -3.13. The van der Waals surface area contributed by atoms with Gasteiger partial charge < -0.3 is 4.57 Å². The van der Waals surface area contributed by atoms with Crippen molar-refractivity contribution in [3.05, 3.63) is 92.7 Å². The highest BCUT2D eigenvalue weighted by Gasteiger charge is 2.36. The van der Waals surface area contributed by atoms with E-state index in [2.05, 4.69) is 14.7 Å². The lowest BCUT2D eigenvalue weighted by molar-refractivity contribution is -0.114. The van der Waals surface area contributed by atoms with Gasteiger partial charge in [-0.05, 0) is 67.6 Å². The predicted octanol–water partition coefficient (Wildman–Crippen LogP) is 6.07. The van der Waals surface area contributed by atoms with Crippen LogP contribution < -0.4 is 0 Å². The van der Waals surface area contributed by atoms with Crippen molar-refractivity contribution >= 4 is 63.0 Å². The Morgan fingerprint density at radius 3 is 2.61 bits per heavy atom. The molecule has 0 fully saturated rings. The third kappa shape index (κ3) is 3.82. The summed E-state index contributed by atoms with van der Waals surface area (Å²) in [6.07, 6.45) is 1.70. The molecule has 2 aliphatic heterocycles. The minimum Gasteiger partial charge on any atom is -0.318 e. The van der Waals surface area contributed by atoms with Crippen LogP contribution in [0.5, 0.6) is 0 Å². The molecule has 0 aliphatic carbocycles. The summed E-state index contributed by atoms with van der Waals surface area (Å²) in [5, 5.41) is 16.7. The van der Waals surface area contributed by atoms with Crippen LogP contribution in [0.2, 0.25) is 10.0 Å². The van der Waals surface area contributed by atoms with E-state index in [1.165, 1.54) is 16.8 Å². The Morgan fingerprint density at radius 2 is 1.85 bits per heavy atom. The Balaban J connectivity index is 1.53. The van der Waals surface area contributed by atoms with Crippen molar-refractivity contribution in [3.63, 3.8) is 0 Å². The normalized spacial score (nSPS) is 16.8. The van der Waals surface area contributed by atoms with Crippen molar-refractivity contribution < 1.29 is 4.79 Å². The minimum atomic E-state index is -0.470. The van der Waals surface area contributed by atoms with Crippen molar-refractivity contribution in [3.8, 4) is 5.69 Å². The van der Waals surface area contributed by atoms with E-state index < -0.39 is 5.91 Å². The molecule has 0 saturated heterocycles. The molecule has 1 amide bonds. The lowest BCUT2D eigenvalue weighted by atomic mass is 10.1. The van der Waals surface area contributed by atoms with Crippen LogP contribution in [0.4, 0.5) is 0 Å². The summed E-state index contributed by atoms with van der Waals surface area (Å²) >= 11 is 13.7. The van der Waals surface area contributed by atoms with Crippen molar-refractivity contribution in [1.82, 2.24) is 9.58 Å². The number of hydrogen-bond donors (Lipinski definition) is 1. The number of nitrogens with zero attached hydrogens (tertiary/aromatic N) is 4. The van der Waals surface area contributed by atoms with Crippen LogP contribution in [0.3, 0.4) is 0 Å². The maximum atomic E-state index is 12.8. The number of amides is 1. The molecule has 0 radical (unpaired) electrons. The molecule has 2 aliphatic rings. The zero-order valence-electron chi connectivity index (χ0n) is 17.6. The van der Waals surface area contributed by atoms with E-state index in [9.17, 15) is 4.79 Å². The largest absolute Gasteiger partial charge is 0.318 e. The molecule has 0 unspecified atom stereocenters. The molecule has 0 bridgehead atoms. The smallest absolute Gasteiger partial charge is 0.283 e. The van der Waals surface area contributed by atoms with E-state index in [-0.39, 0.29) is 11.4 Å². The maximum Gasteiger partial charge on any atom is 0.283 e. The summed E-state index contributed by atoms with van der Waals surface area (Å²) in [6.45, 7) is 3.95. The molecule has 3 aromatic rings. The van der Waals surface area contributed by atoms with Crippen molar-refractivity contribution in [2.24, 2.45) is 10.1 Å². The molecule has 164 valence electrons. The number of hydrogen-bond acceptors (Lipinski definition) is 4. The van der Waals surface area contributed by atoms with Crippen LogP contribution in [0.1, 0.15) is 22.5 Å². The first-order chi connectivity index (χ1) is 15.8. The maximum absolute atomic E-state index is 12.8. The van der Waals surface area contributed by atoms with Crippen LogP contribution in [0, 0.1) is 19.3 Å². The lowest BCUT2D eigenvalue weighted by Gasteiger charge is -2.20. The first-order valence-corrected chi connectivity index (χ1v) is 11.6. The van der Waals surface area contributed by atoms with Gasteiger partial charge in [0.15, 0.2) is 5.84 Å². The fraction of sp³-hybridized carbons (Fsp3) is 0.0833. The van der Waals surface area contributed by atoms with Crippen LogP contribution in [-0.2, 0) is 4.79 Å². The second-order valence-corrected chi connectivity index (χ2v) is 9.35. The predicted molar refractivity (Wildman–Crippen MR) is 136 cm³/mol.